The lowest BCUT2D eigenvalue weighted by molar-refractivity contribution is -0.144. The number of carbonyl (C=O) groups is 1. The number of aliphatic carboxylic acids is 1. The largest absolute Gasteiger partial charge is 0.480 e. The van der Waals surface area contributed by atoms with Crippen LogP contribution in [0.2, 0.25) is 0 Å². The summed E-state index contributed by atoms with van der Waals surface area (Å²) >= 11 is 0. The summed E-state index contributed by atoms with van der Waals surface area (Å²) in [6.07, 6.45) is 0. The highest BCUT2D eigenvalue weighted by atomic mass is 16.5. The maximum Gasteiger partial charge on any atom is 0.322 e. The van der Waals surface area contributed by atoms with E-state index in [1.54, 1.807) is 0 Å². The van der Waals surface area contributed by atoms with Gasteiger partial charge in [-0.05, 0) is 0 Å². The normalized spacial score (nSPS) is 19.5. The second-order valence-corrected chi connectivity index (χ2v) is 4.91. The van der Waals surface area contributed by atoms with Gasteiger partial charge in [-0.1, -0.05) is 35.5 Å². The standard InChI is InChI=1S/C14H16N4O3/c19-14(20)11-8-15-6-7-18(11)9-12-16-13(17-21-12)10-4-2-1-3-5-10/h1-5,11,15H,6-9H2,(H,19,20). The minimum atomic E-state index is -0.843. The van der Waals surface area contributed by atoms with E-state index in [0.29, 0.717) is 31.3 Å². The van der Waals surface area contributed by atoms with Gasteiger partial charge in [-0.3, -0.25) is 9.69 Å². The number of benzene rings is 1. The van der Waals surface area contributed by atoms with Crippen molar-refractivity contribution >= 4 is 5.97 Å². The molecule has 1 saturated heterocycles. The zero-order valence-corrected chi connectivity index (χ0v) is 11.4. The van der Waals surface area contributed by atoms with Crippen molar-refractivity contribution in [1.82, 2.24) is 20.4 Å². The summed E-state index contributed by atoms with van der Waals surface area (Å²) < 4.78 is 5.23. The van der Waals surface area contributed by atoms with Gasteiger partial charge in [-0.2, -0.15) is 4.98 Å². The molecule has 2 aromatic rings. The molecule has 0 radical (unpaired) electrons. The van der Waals surface area contributed by atoms with E-state index in [-0.39, 0.29) is 0 Å². The number of piperazine rings is 1. The topological polar surface area (TPSA) is 91.5 Å². The summed E-state index contributed by atoms with van der Waals surface area (Å²) in [4.78, 5) is 17.4. The summed E-state index contributed by atoms with van der Waals surface area (Å²) in [6.45, 7) is 2.16. The number of carboxylic acids is 1. The van der Waals surface area contributed by atoms with Gasteiger partial charge in [0, 0.05) is 25.2 Å². The van der Waals surface area contributed by atoms with E-state index in [1.165, 1.54) is 0 Å². The van der Waals surface area contributed by atoms with Crippen molar-refractivity contribution in [3.05, 3.63) is 36.2 Å². The van der Waals surface area contributed by atoms with Crippen LogP contribution in [0.1, 0.15) is 5.89 Å². The monoisotopic (exact) mass is 288 g/mol. The molecule has 7 heteroatoms. The predicted octanol–water partition coefficient (Wildman–Crippen LogP) is 0.595. The number of hydrogen-bond acceptors (Lipinski definition) is 6. The second kappa shape index (κ2) is 6.02. The summed E-state index contributed by atoms with van der Waals surface area (Å²) in [5, 5.41) is 16.2. The molecule has 110 valence electrons. The first-order valence-electron chi connectivity index (χ1n) is 6.79. The first-order chi connectivity index (χ1) is 10.2. The Bertz CT molecular complexity index is 614. The number of nitrogens with one attached hydrogen (secondary N) is 1. The van der Waals surface area contributed by atoms with E-state index < -0.39 is 12.0 Å². The molecule has 0 aliphatic carbocycles. The SMILES string of the molecule is O=C(O)C1CNCCN1Cc1nc(-c2ccccc2)no1. The van der Waals surface area contributed by atoms with Crippen LogP contribution in [0.3, 0.4) is 0 Å². The summed E-state index contributed by atoms with van der Waals surface area (Å²) in [5.41, 5.74) is 0.877. The highest BCUT2D eigenvalue weighted by molar-refractivity contribution is 5.73. The Kier molecular flexibility index (Phi) is 3.94. The molecule has 2 N–H and O–H groups in total. The fourth-order valence-electron chi connectivity index (χ4n) is 2.38. The van der Waals surface area contributed by atoms with Crippen molar-refractivity contribution in [2.24, 2.45) is 0 Å². The van der Waals surface area contributed by atoms with Gasteiger partial charge in [0.05, 0.1) is 6.54 Å². The molecule has 7 nitrogen and oxygen atoms in total. The van der Waals surface area contributed by atoms with Crippen LogP contribution in [0, 0.1) is 0 Å². The van der Waals surface area contributed by atoms with Crippen LogP contribution in [-0.2, 0) is 11.3 Å². The highest BCUT2D eigenvalue weighted by Crippen LogP contribution is 2.16. The Hall–Kier alpha value is -2.25. The molecular weight excluding hydrogens is 272 g/mol. The first kappa shape index (κ1) is 13.7. The third-order valence-corrected chi connectivity index (χ3v) is 3.48. The third kappa shape index (κ3) is 3.09. The van der Waals surface area contributed by atoms with E-state index in [2.05, 4.69) is 15.5 Å². The van der Waals surface area contributed by atoms with Crippen molar-refractivity contribution in [2.75, 3.05) is 19.6 Å². The van der Waals surface area contributed by atoms with Gasteiger partial charge in [0.25, 0.3) is 0 Å². The Balaban J connectivity index is 1.73. The Morgan fingerprint density at radius 3 is 3.00 bits per heavy atom. The molecule has 0 saturated carbocycles. The fraction of sp³-hybridized carbons (Fsp3) is 0.357. The maximum atomic E-state index is 11.2. The van der Waals surface area contributed by atoms with E-state index in [1.807, 2.05) is 35.2 Å². The van der Waals surface area contributed by atoms with Crippen LogP contribution in [0.25, 0.3) is 11.4 Å². The first-order valence-corrected chi connectivity index (χ1v) is 6.79. The minimum absolute atomic E-state index is 0.346. The summed E-state index contributed by atoms with van der Waals surface area (Å²) in [5.74, 6) is 0.111. The maximum absolute atomic E-state index is 11.2. The lowest BCUT2D eigenvalue weighted by atomic mass is 10.2. The van der Waals surface area contributed by atoms with Gasteiger partial charge in [0.15, 0.2) is 0 Å². The molecule has 1 aliphatic rings. The zero-order chi connectivity index (χ0) is 14.7. The Morgan fingerprint density at radius 1 is 1.43 bits per heavy atom. The molecule has 0 bridgehead atoms. The molecule has 1 fully saturated rings. The van der Waals surface area contributed by atoms with Crippen LogP contribution < -0.4 is 5.32 Å². The Labute approximate surface area is 121 Å². The van der Waals surface area contributed by atoms with Crippen LogP contribution in [0.15, 0.2) is 34.9 Å². The molecule has 1 unspecified atom stereocenters. The zero-order valence-electron chi connectivity index (χ0n) is 11.4. The van der Waals surface area contributed by atoms with Crippen molar-refractivity contribution in [1.29, 1.82) is 0 Å². The summed E-state index contributed by atoms with van der Waals surface area (Å²) in [6, 6.07) is 8.97. The predicted molar refractivity (Wildman–Crippen MR) is 74.4 cm³/mol. The van der Waals surface area contributed by atoms with Crippen LogP contribution in [0.5, 0.6) is 0 Å². The van der Waals surface area contributed by atoms with Gasteiger partial charge in [-0.25, -0.2) is 0 Å². The van der Waals surface area contributed by atoms with E-state index >= 15 is 0 Å². The molecule has 1 aliphatic heterocycles. The van der Waals surface area contributed by atoms with E-state index in [4.69, 9.17) is 4.52 Å². The van der Waals surface area contributed by atoms with Gasteiger partial charge < -0.3 is 14.9 Å². The van der Waals surface area contributed by atoms with Crippen molar-refractivity contribution in [3.8, 4) is 11.4 Å². The molecule has 2 heterocycles. The third-order valence-electron chi connectivity index (χ3n) is 3.48. The van der Waals surface area contributed by atoms with Gasteiger partial charge in [0.1, 0.15) is 6.04 Å². The molecule has 1 aromatic heterocycles. The minimum Gasteiger partial charge on any atom is -0.480 e. The highest BCUT2D eigenvalue weighted by Gasteiger charge is 2.29. The number of rotatable bonds is 4. The van der Waals surface area contributed by atoms with Gasteiger partial charge >= 0.3 is 5.97 Å². The van der Waals surface area contributed by atoms with Crippen molar-refractivity contribution < 1.29 is 14.4 Å². The molecule has 21 heavy (non-hydrogen) atoms. The molecular formula is C14H16N4O3. The van der Waals surface area contributed by atoms with Crippen LogP contribution >= 0.6 is 0 Å². The van der Waals surface area contributed by atoms with Gasteiger partial charge in [0.2, 0.25) is 11.7 Å². The molecule has 1 aromatic carbocycles. The smallest absolute Gasteiger partial charge is 0.322 e. The molecule has 0 spiro atoms. The van der Waals surface area contributed by atoms with E-state index in [0.717, 1.165) is 12.1 Å². The van der Waals surface area contributed by atoms with Crippen LogP contribution in [-0.4, -0.2) is 51.8 Å². The van der Waals surface area contributed by atoms with Crippen molar-refractivity contribution in [3.63, 3.8) is 0 Å². The summed E-state index contributed by atoms with van der Waals surface area (Å²) in [7, 11) is 0. The molecule has 0 amide bonds. The molecule has 1 atom stereocenters. The number of nitrogens with zero attached hydrogens (tertiary/aromatic N) is 3. The fourth-order valence-corrected chi connectivity index (χ4v) is 2.38. The van der Waals surface area contributed by atoms with Crippen molar-refractivity contribution in [2.45, 2.75) is 12.6 Å². The second-order valence-electron chi connectivity index (χ2n) is 4.91. The number of carboxylic acid groups (broad SMARTS) is 1. The Morgan fingerprint density at radius 2 is 2.24 bits per heavy atom. The lowest BCUT2D eigenvalue weighted by Crippen LogP contribution is -2.54. The average Bonchev–Trinajstić information content (AvgIpc) is 2.97. The van der Waals surface area contributed by atoms with Crippen LogP contribution in [0.4, 0.5) is 0 Å². The average molecular weight is 288 g/mol. The lowest BCUT2D eigenvalue weighted by Gasteiger charge is -2.32. The van der Waals surface area contributed by atoms with E-state index in [9.17, 15) is 9.90 Å². The quantitative estimate of drug-likeness (QED) is 0.851. The molecule has 3 rings (SSSR count). The van der Waals surface area contributed by atoms with Gasteiger partial charge in [-0.15, -0.1) is 0 Å². The number of aromatic nitrogens is 2. The number of hydrogen-bond donors (Lipinski definition) is 2.